The minimum absolute atomic E-state index is 0.124. The molecule has 0 aliphatic heterocycles. The van der Waals surface area contributed by atoms with Gasteiger partial charge in [0, 0.05) is 24.5 Å². The van der Waals surface area contributed by atoms with E-state index in [4.69, 9.17) is 0 Å². The van der Waals surface area contributed by atoms with Crippen molar-refractivity contribution >= 4 is 16.8 Å². The summed E-state index contributed by atoms with van der Waals surface area (Å²) in [5.74, 6) is -0.124. The number of fused-ring (bicyclic) bond motifs is 1. The monoisotopic (exact) mass is 298 g/mol. The van der Waals surface area contributed by atoms with Crippen LogP contribution in [0.3, 0.4) is 0 Å². The molecule has 116 valence electrons. The number of aromatic nitrogens is 1. The first-order chi connectivity index (χ1) is 10.7. The molecule has 1 amide bonds. The number of aryl methyl sites for hydroxylation is 1. The van der Waals surface area contributed by atoms with Gasteiger partial charge >= 0.3 is 0 Å². The molecular weight excluding hydrogens is 276 g/mol. The molecule has 1 saturated carbocycles. The number of carbonyl (C=O) groups is 1. The number of pyridine rings is 1. The molecule has 1 aromatic heterocycles. The van der Waals surface area contributed by atoms with Gasteiger partial charge < -0.3 is 9.88 Å². The summed E-state index contributed by atoms with van der Waals surface area (Å²) in [7, 11) is 1.73. The van der Waals surface area contributed by atoms with Gasteiger partial charge in [-0.3, -0.25) is 9.59 Å². The first kappa shape index (κ1) is 14.8. The van der Waals surface area contributed by atoms with Crippen LogP contribution in [0.2, 0.25) is 0 Å². The Balaban J connectivity index is 1.93. The second kappa shape index (κ2) is 6.34. The van der Waals surface area contributed by atoms with Gasteiger partial charge in [-0.15, -0.1) is 0 Å². The van der Waals surface area contributed by atoms with E-state index in [2.05, 4.69) is 5.32 Å². The van der Waals surface area contributed by atoms with Crippen LogP contribution >= 0.6 is 0 Å². The molecule has 1 aromatic carbocycles. The minimum Gasteiger partial charge on any atom is -0.349 e. The van der Waals surface area contributed by atoms with Crippen LogP contribution < -0.4 is 10.9 Å². The Hall–Kier alpha value is -2.10. The van der Waals surface area contributed by atoms with Crippen LogP contribution in [-0.2, 0) is 7.05 Å². The van der Waals surface area contributed by atoms with Crippen LogP contribution in [-0.4, -0.2) is 16.5 Å². The molecule has 1 N–H and O–H groups in total. The van der Waals surface area contributed by atoms with Crippen molar-refractivity contribution in [1.29, 1.82) is 0 Å². The third-order valence-electron chi connectivity index (χ3n) is 4.59. The summed E-state index contributed by atoms with van der Waals surface area (Å²) in [6, 6.07) is 9.24. The SMILES string of the molecule is Cn1c(=O)cc(C(=O)NC2CCCCCC2)c2ccccc21. The molecule has 0 unspecified atom stereocenters. The standard InChI is InChI=1S/C18H22N2O2/c1-20-16-11-7-6-10-14(16)15(12-17(20)21)18(22)19-13-8-4-2-3-5-9-13/h6-7,10-13H,2-5,8-9H2,1H3,(H,19,22). The van der Waals surface area contributed by atoms with E-state index < -0.39 is 0 Å². The predicted molar refractivity (Wildman–Crippen MR) is 88.1 cm³/mol. The molecule has 0 radical (unpaired) electrons. The third-order valence-corrected chi connectivity index (χ3v) is 4.59. The molecule has 1 aliphatic carbocycles. The fourth-order valence-electron chi connectivity index (χ4n) is 3.29. The fraction of sp³-hybridized carbons (Fsp3) is 0.444. The van der Waals surface area contributed by atoms with Gasteiger partial charge in [0.2, 0.25) is 0 Å². The summed E-state index contributed by atoms with van der Waals surface area (Å²) in [6.07, 6.45) is 6.91. The van der Waals surface area contributed by atoms with Gasteiger partial charge in [-0.2, -0.15) is 0 Å². The molecule has 1 fully saturated rings. The first-order valence-electron chi connectivity index (χ1n) is 8.06. The number of carbonyl (C=O) groups excluding carboxylic acids is 1. The number of amides is 1. The van der Waals surface area contributed by atoms with Crippen molar-refractivity contribution in [2.75, 3.05) is 0 Å². The first-order valence-corrected chi connectivity index (χ1v) is 8.06. The highest BCUT2D eigenvalue weighted by Crippen LogP contribution is 2.19. The van der Waals surface area contributed by atoms with E-state index in [1.165, 1.54) is 31.7 Å². The van der Waals surface area contributed by atoms with E-state index in [0.717, 1.165) is 23.7 Å². The molecular formula is C18H22N2O2. The number of hydrogen-bond acceptors (Lipinski definition) is 2. The van der Waals surface area contributed by atoms with Crippen LogP contribution in [0.15, 0.2) is 35.1 Å². The second-order valence-corrected chi connectivity index (χ2v) is 6.13. The molecule has 22 heavy (non-hydrogen) atoms. The summed E-state index contributed by atoms with van der Waals surface area (Å²) in [5, 5.41) is 3.96. The second-order valence-electron chi connectivity index (χ2n) is 6.13. The lowest BCUT2D eigenvalue weighted by atomic mass is 10.1. The zero-order valence-corrected chi connectivity index (χ0v) is 13.0. The third kappa shape index (κ3) is 2.91. The average Bonchev–Trinajstić information content (AvgIpc) is 2.79. The lowest BCUT2D eigenvalue weighted by Crippen LogP contribution is -2.35. The van der Waals surface area contributed by atoms with E-state index in [1.54, 1.807) is 11.6 Å². The normalized spacial score (nSPS) is 16.4. The Morgan fingerprint density at radius 2 is 1.82 bits per heavy atom. The summed E-state index contributed by atoms with van der Waals surface area (Å²) in [5.41, 5.74) is 1.13. The smallest absolute Gasteiger partial charge is 0.252 e. The zero-order chi connectivity index (χ0) is 15.5. The van der Waals surface area contributed by atoms with Gasteiger partial charge in [-0.05, 0) is 18.9 Å². The molecule has 4 nitrogen and oxygen atoms in total. The van der Waals surface area contributed by atoms with Crippen molar-refractivity contribution in [3.8, 4) is 0 Å². The van der Waals surface area contributed by atoms with Crippen LogP contribution in [0, 0.1) is 0 Å². The van der Waals surface area contributed by atoms with E-state index in [9.17, 15) is 9.59 Å². The van der Waals surface area contributed by atoms with Crippen LogP contribution in [0.25, 0.3) is 10.9 Å². The Labute approximate surface area is 130 Å². The fourth-order valence-corrected chi connectivity index (χ4v) is 3.29. The van der Waals surface area contributed by atoms with Gasteiger partial charge in [0.1, 0.15) is 0 Å². The van der Waals surface area contributed by atoms with Crippen LogP contribution in [0.4, 0.5) is 0 Å². The maximum absolute atomic E-state index is 12.6. The van der Waals surface area contributed by atoms with Crippen LogP contribution in [0.1, 0.15) is 48.9 Å². The number of benzene rings is 1. The lowest BCUT2D eigenvalue weighted by Gasteiger charge is -2.17. The zero-order valence-electron chi connectivity index (χ0n) is 13.0. The van der Waals surface area contributed by atoms with E-state index in [1.807, 2.05) is 24.3 Å². The summed E-state index contributed by atoms with van der Waals surface area (Å²) >= 11 is 0. The van der Waals surface area contributed by atoms with Crippen LogP contribution in [0.5, 0.6) is 0 Å². The Kier molecular flexibility index (Phi) is 4.27. The molecule has 0 spiro atoms. The predicted octanol–water partition coefficient (Wildman–Crippen LogP) is 2.99. The van der Waals surface area contributed by atoms with Crippen molar-refractivity contribution in [3.63, 3.8) is 0 Å². The minimum atomic E-state index is -0.148. The average molecular weight is 298 g/mol. The molecule has 1 heterocycles. The molecule has 0 saturated heterocycles. The number of hydrogen-bond donors (Lipinski definition) is 1. The largest absolute Gasteiger partial charge is 0.349 e. The highest BCUT2D eigenvalue weighted by atomic mass is 16.2. The number of rotatable bonds is 2. The van der Waals surface area contributed by atoms with E-state index in [0.29, 0.717) is 5.56 Å². The van der Waals surface area contributed by atoms with Gasteiger partial charge in [0.05, 0.1) is 11.1 Å². The Morgan fingerprint density at radius 1 is 1.14 bits per heavy atom. The van der Waals surface area contributed by atoms with Crippen molar-refractivity contribution < 1.29 is 4.79 Å². The quantitative estimate of drug-likeness (QED) is 0.867. The summed E-state index contributed by atoms with van der Waals surface area (Å²) in [4.78, 5) is 24.7. The van der Waals surface area contributed by atoms with Gasteiger partial charge in [0.15, 0.2) is 0 Å². The van der Waals surface area contributed by atoms with Crippen molar-refractivity contribution in [2.45, 2.75) is 44.6 Å². The molecule has 4 heteroatoms. The number of nitrogens with zero attached hydrogens (tertiary/aromatic N) is 1. The van der Waals surface area contributed by atoms with Crippen molar-refractivity contribution in [3.05, 3.63) is 46.2 Å². The summed E-state index contributed by atoms with van der Waals surface area (Å²) < 4.78 is 1.58. The van der Waals surface area contributed by atoms with Gasteiger partial charge in [0.25, 0.3) is 11.5 Å². The van der Waals surface area contributed by atoms with Crippen molar-refractivity contribution in [2.24, 2.45) is 7.05 Å². The molecule has 0 bridgehead atoms. The maximum atomic E-state index is 12.6. The highest BCUT2D eigenvalue weighted by molar-refractivity contribution is 6.06. The highest BCUT2D eigenvalue weighted by Gasteiger charge is 2.18. The number of para-hydroxylation sites is 1. The van der Waals surface area contributed by atoms with Gasteiger partial charge in [-0.1, -0.05) is 43.9 Å². The maximum Gasteiger partial charge on any atom is 0.252 e. The summed E-state index contributed by atoms with van der Waals surface area (Å²) in [6.45, 7) is 0. The van der Waals surface area contributed by atoms with Gasteiger partial charge in [-0.25, -0.2) is 0 Å². The number of nitrogens with one attached hydrogen (secondary N) is 1. The molecule has 1 aliphatic rings. The Morgan fingerprint density at radius 3 is 2.55 bits per heavy atom. The van der Waals surface area contributed by atoms with E-state index >= 15 is 0 Å². The van der Waals surface area contributed by atoms with Crippen molar-refractivity contribution in [1.82, 2.24) is 9.88 Å². The molecule has 3 rings (SSSR count). The lowest BCUT2D eigenvalue weighted by molar-refractivity contribution is 0.0935. The molecule has 0 atom stereocenters. The van der Waals surface area contributed by atoms with E-state index in [-0.39, 0.29) is 17.5 Å². The topological polar surface area (TPSA) is 51.1 Å². The molecule has 2 aromatic rings. The Bertz CT molecular complexity index is 740.